The van der Waals surface area contributed by atoms with Crippen LogP contribution in [-0.2, 0) is 9.53 Å². The lowest BCUT2D eigenvalue weighted by atomic mass is 10.3. The first-order valence-electron chi connectivity index (χ1n) is 5.65. The van der Waals surface area contributed by atoms with Gasteiger partial charge >= 0.3 is 12.3 Å². The Balaban J connectivity index is 2.55. The van der Waals surface area contributed by atoms with Crippen LogP contribution in [0.1, 0.15) is 6.92 Å². The monoisotopic (exact) mass is 294 g/mol. The molecule has 5 nitrogen and oxygen atoms in total. The van der Waals surface area contributed by atoms with Gasteiger partial charge in [-0.1, -0.05) is 0 Å². The fraction of sp³-hybridized carbons (Fsp3) is 0.417. The summed E-state index contributed by atoms with van der Waals surface area (Å²) in [5.41, 5.74) is 0. The number of benzene rings is 1. The molecule has 112 valence electrons. The lowest BCUT2D eigenvalue weighted by molar-refractivity contribution is -0.274. The average Bonchev–Trinajstić information content (AvgIpc) is 2.34. The normalized spacial score (nSPS) is 12.8. The number of carboxylic acids is 1. The molecule has 1 aromatic rings. The molecule has 1 rings (SSSR count). The van der Waals surface area contributed by atoms with E-state index in [2.05, 4.69) is 4.74 Å². The molecule has 8 heteroatoms. The van der Waals surface area contributed by atoms with Gasteiger partial charge in [-0.2, -0.15) is 0 Å². The molecule has 0 fully saturated rings. The molecule has 0 bridgehead atoms. The highest BCUT2D eigenvalue weighted by atomic mass is 19.4. The number of carboxylic acid groups (broad SMARTS) is 1. The lowest BCUT2D eigenvalue weighted by Gasteiger charge is -2.14. The maximum atomic E-state index is 11.9. The van der Waals surface area contributed by atoms with Crippen molar-refractivity contribution in [1.82, 2.24) is 0 Å². The molecule has 1 aromatic carbocycles. The summed E-state index contributed by atoms with van der Waals surface area (Å²) in [4.78, 5) is 10.8. The number of carbonyl (C=O) groups is 1. The van der Waals surface area contributed by atoms with Crippen molar-refractivity contribution in [2.45, 2.75) is 19.4 Å². The molecular weight excluding hydrogens is 281 g/mol. The second-order valence-electron chi connectivity index (χ2n) is 3.61. The van der Waals surface area contributed by atoms with E-state index >= 15 is 0 Å². The third-order valence-electron chi connectivity index (χ3n) is 2.10. The Bertz CT molecular complexity index is 430. The van der Waals surface area contributed by atoms with E-state index in [0.717, 1.165) is 12.1 Å². The van der Waals surface area contributed by atoms with Gasteiger partial charge in [0.05, 0.1) is 0 Å². The molecule has 0 saturated heterocycles. The van der Waals surface area contributed by atoms with Gasteiger partial charge in [0.15, 0.2) is 6.10 Å². The topological polar surface area (TPSA) is 65.0 Å². The SMILES string of the molecule is CCOC(COc1ccc(OC(F)(F)F)cc1)C(=O)O. The molecule has 0 heterocycles. The molecule has 1 atom stereocenters. The minimum absolute atomic E-state index is 0.207. The number of aliphatic carboxylic acids is 1. The highest BCUT2D eigenvalue weighted by Crippen LogP contribution is 2.24. The number of hydrogen-bond acceptors (Lipinski definition) is 4. The maximum Gasteiger partial charge on any atom is 0.573 e. The molecular formula is C12H13F3O5. The molecule has 0 aliphatic carbocycles. The van der Waals surface area contributed by atoms with E-state index in [1.165, 1.54) is 12.1 Å². The number of ether oxygens (including phenoxy) is 3. The number of alkyl halides is 3. The highest BCUT2D eigenvalue weighted by molar-refractivity contribution is 5.72. The first kappa shape index (κ1) is 16.1. The highest BCUT2D eigenvalue weighted by Gasteiger charge is 2.31. The summed E-state index contributed by atoms with van der Waals surface area (Å²) in [5.74, 6) is -1.35. The van der Waals surface area contributed by atoms with E-state index in [9.17, 15) is 18.0 Å². The fourth-order valence-corrected chi connectivity index (χ4v) is 1.30. The van der Waals surface area contributed by atoms with Crippen molar-refractivity contribution >= 4 is 5.97 Å². The number of rotatable bonds is 7. The molecule has 0 aromatic heterocycles. The minimum Gasteiger partial charge on any atom is -0.490 e. The van der Waals surface area contributed by atoms with Gasteiger partial charge in [-0.15, -0.1) is 13.2 Å². The third-order valence-corrected chi connectivity index (χ3v) is 2.10. The van der Waals surface area contributed by atoms with Gasteiger partial charge < -0.3 is 19.3 Å². The Morgan fingerprint density at radius 2 is 1.80 bits per heavy atom. The summed E-state index contributed by atoms with van der Waals surface area (Å²) in [7, 11) is 0. The van der Waals surface area contributed by atoms with E-state index in [1.54, 1.807) is 6.92 Å². The Labute approximate surface area is 112 Å². The summed E-state index contributed by atoms with van der Waals surface area (Å²) in [5, 5.41) is 8.80. The Morgan fingerprint density at radius 1 is 1.25 bits per heavy atom. The molecule has 20 heavy (non-hydrogen) atoms. The minimum atomic E-state index is -4.76. The summed E-state index contributed by atoms with van der Waals surface area (Å²) in [6, 6.07) is 4.62. The van der Waals surface area contributed by atoms with Crippen molar-refractivity contribution in [1.29, 1.82) is 0 Å². The van der Waals surface area contributed by atoms with Gasteiger partial charge in [-0.3, -0.25) is 0 Å². The van der Waals surface area contributed by atoms with Crippen molar-refractivity contribution in [3.8, 4) is 11.5 Å². The molecule has 1 N–H and O–H groups in total. The number of halogens is 3. The molecule has 0 saturated carbocycles. The van der Waals surface area contributed by atoms with Crippen LogP contribution in [0, 0.1) is 0 Å². The van der Waals surface area contributed by atoms with Crippen molar-refractivity contribution < 1.29 is 37.3 Å². The van der Waals surface area contributed by atoms with E-state index < -0.39 is 18.4 Å². The second kappa shape index (κ2) is 6.99. The van der Waals surface area contributed by atoms with Crippen molar-refractivity contribution in [2.24, 2.45) is 0 Å². The van der Waals surface area contributed by atoms with Crippen LogP contribution < -0.4 is 9.47 Å². The third kappa shape index (κ3) is 5.79. The first-order valence-corrected chi connectivity index (χ1v) is 5.65. The molecule has 0 spiro atoms. The van der Waals surface area contributed by atoms with E-state index in [1.807, 2.05) is 0 Å². The molecule has 0 aliphatic rings. The van der Waals surface area contributed by atoms with Crippen LogP contribution in [0.5, 0.6) is 11.5 Å². The largest absolute Gasteiger partial charge is 0.573 e. The molecule has 0 aliphatic heterocycles. The maximum absolute atomic E-state index is 11.9. The fourth-order valence-electron chi connectivity index (χ4n) is 1.30. The van der Waals surface area contributed by atoms with Crippen molar-refractivity contribution in [2.75, 3.05) is 13.2 Å². The van der Waals surface area contributed by atoms with Crippen LogP contribution in [-0.4, -0.2) is 36.8 Å². The first-order chi connectivity index (χ1) is 9.31. The van der Waals surface area contributed by atoms with Crippen LogP contribution in [0.3, 0.4) is 0 Å². The van der Waals surface area contributed by atoms with Crippen molar-refractivity contribution in [3.63, 3.8) is 0 Å². The van der Waals surface area contributed by atoms with Gasteiger partial charge in [-0.05, 0) is 31.2 Å². The van der Waals surface area contributed by atoms with Gasteiger partial charge in [0.2, 0.25) is 0 Å². The molecule has 1 unspecified atom stereocenters. The predicted octanol–water partition coefficient (Wildman–Crippen LogP) is 2.45. The zero-order chi connectivity index (χ0) is 15.2. The van der Waals surface area contributed by atoms with E-state index in [0.29, 0.717) is 0 Å². The van der Waals surface area contributed by atoms with E-state index in [4.69, 9.17) is 14.6 Å². The Morgan fingerprint density at radius 3 is 2.25 bits per heavy atom. The summed E-state index contributed by atoms with van der Waals surface area (Å²) >= 11 is 0. The summed E-state index contributed by atoms with van der Waals surface area (Å²) < 4.78 is 49.5. The van der Waals surface area contributed by atoms with Gasteiger partial charge in [0.25, 0.3) is 0 Å². The van der Waals surface area contributed by atoms with Crippen LogP contribution >= 0.6 is 0 Å². The van der Waals surface area contributed by atoms with Gasteiger partial charge in [0.1, 0.15) is 18.1 Å². The van der Waals surface area contributed by atoms with Crippen LogP contribution in [0.15, 0.2) is 24.3 Å². The predicted molar refractivity (Wildman–Crippen MR) is 61.7 cm³/mol. The second-order valence-corrected chi connectivity index (χ2v) is 3.61. The summed E-state index contributed by atoms with van der Waals surface area (Å²) in [6.07, 6.45) is -5.89. The van der Waals surface area contributed by atoms with Crippen molar-refractivity contribution in [3.05, 3.63) is 24.3 Å². The average molecular weight is 294 g/mol. The van der Waals surface area contributed by atoms with Gasteiger partial charge in [-0.25, -0.2) is 4.79 Å². The summed E-state index contributed by atoms with van der Waals surface area (Å²) in [6.45, 7) is 1.60. The number of hydrogen-bond donors (Lipinski definition) is 1. The zero-order valence-corrected chi connectivity index (χ0v) is 10.5. The molecule has 0 amide bonds. The smallest absolute Gasteiger partial charge is 0.490 e. The van der Waals surface area contributed by atoms with E-state index in [-0.39, 0.29) is 24.7 Å². The standard InChI is InChI=1S/C12H13F3O5/c1-2-18-10(11(16)17)7-19-8-3-5-9(6-4-8)20-12(13,14)15/h3-6,10H,2,7H2,1H3,(H,16,17). The Kier molecular flexibility index (Phi) is 5.63. The van der Waals surface area contributed by atoms with Gasteiger partial charge in [0, 0.05) is 6.61 Å². The Hall–Kier alpha value is -1.96. The molecule has 0 radical (unpaired) electrons. The zero-order valence-electron chi connectivity index (χ0n) is 10.5. The van der Waals surface area contributed by atoms with Crippen LogP contribution in [0.25, 0.3) is 0 Å². The quantitative estimate of drug-likeness (QED) is 0.836. The lowest BCUT2D eigenvalue weighted by Crippen LogP contribution is -2.30. The van der Waals surface area contributed by atoms with Crippen LogP contribution in [0.4, 0.5) is 13.2 Å². The van der Waals surface area contributed by atoms with Crippen LogP contribution in [0.2, 0.25) is 0 Å².